The zero-order valence-electron chi connectivity index (χ0n) is 13.8. The number of sulfone groups is 1. The average Bonchev–Trinajstić information content (AvgIpc) is 2.69. The molecule has 22 heavy (non-hydrogen) atoms. The molecule has 1 fully saturated rings. The Morgan fingerprint density at radius 1 is 1.32 bits per heavy atom. The van der Waals surface area contributed by atoms with Crippen molar-refractivity contribution in [1.82, 2.24) is 5.32 Å². The molecule has 0 aromatic heterocycles. The molecule has 4 nitrogen and oxygen atoms in total. The molecule has 1 amide bonds. The molecule has 1 aliphatic heterocycles. The van der Waals surface area contributed by atoms with Crippen LogP contribution in [-0.2, 0) is 26.5 Å². The Morgan fingerprint density at radius 2 is 2.00 bits per heavy atom. The van der Waals surface area contributed by atoms with Gasteiger partial charge in [-0.1, -0.05) is 39.0 Å². The van der Waals surface area contributed by atoms with Crippen LogP contribution in [0.2, 0.25) is 0 Å². The van der Waals surface area contributed by atoms with E-state index in [2.05, 4.69) is 38.2 Å². The molecule has 1 aromatic rings. The molecule has 1 atom stereocenters. The van der Waals surface area contributed by atoms with Crippen LogP contribution in [0.3, 0.4) is 0 Å². The van der Waals surface area contributed by atoms with Crippen molar-refractivity contribution in [1.29, 1.82) is 0 Å². The number of benzene rings is 1. The largest absolute Gasteiger partial charge is 0.352 e. The van der Waals surface area contributed by atoms with Crippen LogP contribution in [0.15, 0.2) is 18.2 Å². The molecule has 2 rings (SSSR count). The number of carbonyl (C=O) groups excluding carboxylic acids is 1. The zero-order valence-corrected chi connectivity index (χ0v) is 14.6. The number of amides is 1. The van der Waals surface area contributed by atoms with Crippen molar-refractivity contribution >= 4 is 15.7 Å². The van der Waals surface area contributed by atoms with E-state index in [1.54, 1.807) is 0 Å². The SMILES string of the molecule is Cc1cc(C(C)(C)C)ccc1CC(=O)NC1CCS(=O)(=O)C1. The third-order valence-electron chi connectivity index (χ3n) is 4.16. The summed E-state index contributed by atoms with van der Waals surface area (Å²) in [4.78, 5) is 12.1. The lowest BCUT2D eigenvalue weighted by Crippen LogP contribution is -2.36. The summed E-state index contributed by atoms with van der Waals surface area (Å²) in [6, 6.07) is 5.96. The first kappa shape index (κ1) is 17.0. The fourth-order valence-corrected chi connectivity index (χ4v) is 4.39. The number of hydrogen-bond donors (Lipinski definition) is 1. The first-order chi connectivity index (χ1) is 10.1. The second-order valence-corrected chi connectivity index (χ2v) is 9.46. The summed E-state index contributed by atoms with van der Waals surface area (Å²) in [5, 5.41) is 2.84. The van der Waals surface area contributed by atoms with Gasteiger partial charge in [0.15, 0.2) is 9.84 Å². The Labute approximate surface area is 133 Å². The first-order valence-corrected chi connectivity index (χ1v) is 9.49. The Balaban J connectivity index is 2.00. The van der Waals surface area contributed by atoms with E-state index in [-0.39, 0.29) is 28.9 Å². The Hall–Kier alpha value is -1.36. The number of aryl methyl sites for hydroxylation is 1. The molecule has 0 aliphatic carbocycles. The molecule has 1 aromatic carbocycles. The van der Waals surface area contributed by atoms with Gasteiger partial charge < -0.3 is 5.32 Å². The summed E-state index contributed by atoms with van der Waals surface area (Å²) in [7, 11) is -2.96. The normalized spacial score (nSPS) is 20.8. The number of rotatable bonds is 3. The quantitative estimate of drug-likeness (QED) is 0.927. The second kappa shape index (κ2) is 6.03. The number of hydrogen-bond acceptors (Lipinski definition) is 3. The fourth-order valence-electron chi connectivity index (χ4n) is 2.72. The molecular weight excluding hydrogens is 298 g/mol. The smallest absolute Gasteiger partial charge is 0.224 e. The van der Waals surface area contributed by atoms with Crippen molar-refractivity contribution in [2.24, 2.45) is 0 Å². The lowest BCUT2D eigenvalue weighted by molar-refractivity contribution is -0.121. The molecule has 1 aliphatic rings. The van der Waals surface area contributed by atoms with Gasteiger partial charge in [-0.25, -0.2) is 8.42 Å². The fraction of sp³-hybridized carbons (Fsp3) is 0.588. The Morgan fingerprint density at radius 3 is 2.50 bits per heavy atom. The topological polar surface area (TPSA) is 63.2 Å². The molecule has 0 saturated carbocycles. The van der Waals surface area contributed by atoms with E-state index in [0.717, 1.165) is 11.1 Å². The highest BCUT2D eigenvalue weighted by molar-refractivity contribution is 7.91. The molecule has 122 valence electrons. The minimum atomic E-state index is -2.96. The van der Waals surface area contributed by atoms with Crippen LogP contribution in [0.4, 0.5) is 0 Å². The van der Waals surface area contributed by atoms with Crippen LogP contribution in [0.25, 0.3) is 0 Å². The minimum Gasteiger partial charge on any atom is -0.352 e. The maximum absolute atomic E-state index is 12.1. The maximum atomic E-state index is 12.1. The van der Waals surface area contributed by atoms with Gasteiger partial charge in [0, 0.05) is 6.04 Å². The van der Waals surface area contributed by atoms with Gasteiger partial charge in [0.2, 0.25) is 5.91 Å². The minimum absolute atomic E-state index is 0.0701. The summed E-state index contributed by atoms with van der Waals surface area (Å²) in [6.07, 6.45) is 0.822. The molecule has 1 heterocycles. The van der Waals surface area contributed by atoms with Crippen molar-refractivity contribution in [3.05, 3.63) is 34.9 Å². The highest BCUT2D eigenvalue weighted by Gasteiger charge is 2.28. The van der Waals surface area contributed by atoms with E-state index in [0.29, 0.717) is 12.8 Å². The van der Waals surface area contributed by atoms with Crippen LogP contribution in [0, 0.1) is 6.92 Å². The highest BCUT2D eigenvalue weighted by atomic mass is 32.2. The molecule has 0 bridgehead atoms. The average molecular weight is 323 g/mol. The maximum Gasteiger partial charge on any atom is 0.224 e. The van der Waals surface area contributed by atoms with Crippen LogP contribution < -0.4 is 5.32 Å². The van der Waals surface area contributed by atoms with Crippen molar-refractivity contribution in [3.63, 3.8) is 0 Å². The van der Waals surface area contributed by atoms with Gasteiger partial charge >= 0.3 is 0 Å². The third-order valence-corrected chi connectivity index (χ3v) is 5.93. The van der Waals surface area contributed by atoms with E-state index in [1.807, 2.05) is 13.0 Å². The number of nitrogens with one attached hydrogen (secondary N) is 1. The van der Waals surface area contributed by atoms with Gasteiger partial charge in [-0.3, -0.25) is 4.79 Å². The van der Waals surface area contributed by atoms with Crippen molar-refractivity contribution in [2.45, 2.75) is 52.0 Å². The predicted octanol–water partition coefficient (Wildman–Crippen LogP) is 2.14. The zero-order chi connectivity index (χ0) is 16.5. The molecule has 1 N–H and O–H groups in total. The lowest BCUT2D eigenvalue weighted by Gasteiger charge is -2.20. The second-order valence-electron chi connectivity index (χ2n) is 7.24. The van der Waals surface area contributed by atoms with Gasteiger partial charge in [0.1, 0.15) is 0 Å². The Bertz CT molecular complexity index is 672. The molecule has 1 unspecified atom stereocenters. The van der Waals surface area contributed by atoms with Crippen LogP contribution in [0.1, 0.15) is 43.9 Å². The summed E-state index contributed by atoms with van der Waals surface area (Å²) < 4.78 is 22.8. The van der Waals surface area contributed by atoms with Crippen LogP contribution in [0.5, 0.6) is 0 Å². The lowest BCUT2D eigenvalue weighted by atomic mass is 9.85. The summed E-state index contributed by atoms with van der Waals surface area (Å²) in [5.41, 5.74) is 3.42. The van der Waals surface area contributed by atoms with Gasteiger partial charge in [0.05, 0.1) is 17.9 Å². The third kappa shape index (κ3) is 4.32. The van der Waals surface area contributed by atoms with E-state index in [9.17, 15) is 13.2 Å². The van der Waals surface area contributed by atoms with E-state index >= 15 is 0 Å². The van der Waals surface area contributed by atoms with Crippen molar-refractivity contribution in [2.75, 3.05) is 11.5 Å². The molecule has 0 spiro atoms. The van der Waals surface area contributed by atoms with Crippen LogP contribution in [-0.4, -0.2) is 31.9 Å². The monoisotopic (exact) mass is 323 g/mol. The molecule has 1 saturated heterocycles. The van der Waals surface area contributed by atoms with Crippen molar-refractivity contribution < 1.29 is 13.2 Å². The standard InChI is InChI=1S/C17H25NO3S/c1-12-9-14(17(2,3)4)6-5-13(12)10-16(19)18-15-7-8-22(20,21)11-15/h5-6,9,15H,7-8,10-11H2,1-4H3,(H,18,19). The predicted molar refractivity (Wildman–Crippen MR) is 88.8 cm³/mol. The van der Waals surface area contributed by atoms with Gasteiger partial charge in [-0.15, -0.1) is 0 Å². The first-order valence-electron chi connectivity index (χ1n) is 7.67. The van der Waals surface area contributed by atoms with Gasteiger partial charge in [-0.05, 0) is 35.4 Å². The van der Waals surface area contributed by atoms with Gasteiger partial charge in [0.25, 0.3) is 0 Å². The highest BCUT2D eigenvalue weighted by Crippen LogP contribution is 2.24. The summed E-state index contributed by atoms with van der Waals surface area (Å²) in [5.74, 6) is 0.145. The van der Waals surface area contributed by atoms with Gasteiger partial charge in [-0.2, -0.15) is 0 Å². The number of carbonyl (C=O) groups is 1. The summed E-state index contributed by atoms with van der Waals surface area (Å²) >= 11 is 0. The Kier molecular flexibility index (Phi) is 4.66. The molecule has 5 heteroatoms. The van der Waals surface area contributed by atoms with E-state index in [1.165, 1.54) is 5.56 Å². The van der Waals surface area contributed by atoms with E-state index in [4.69, 9.17) is 0 Å². The summed E-state index contributed by atoms with van der Waals surface area (Å²) in [6.45, 7) is 8.50. The van der Waals surface area contributed by atoms with Crippen LogP contribution >= 0.6 is 0 Å². The molecule has 0 radical (unpaired) electrons. The molecular formula is C17H25NO3S. The van der Waals surface area contributed by atoms with E-state index < -0.39 is 9.84 Å². The van der Waals surface area contributed by atoms with Crippen molar-refractivity contribution in [3.8, 4) is 0 Å².